The summed E-state index contributed by atoms with van der Waals surface area (Å²) in [5.41, 5.74) is 3.40. The molecule has 0 aromatic heterocycles. The molecule has 27 heavy (non-hydrogen) atoms. The van der Waals surface area contributed by atoms with Crippen molar-refractivity contribution < 1.29 is 9.59 Å². The summed E-state index contributed by atoms with van der Waals surface area (Å²) < 4.78 is 0.995. The summed E-state index contributed by atoms with van der Waals surface area (Å²) in [6.45, 7) is 3.98. The van der Waals surface area contributed by atoms with Gasteiger partial charge in [0, 0.05) is 17.2 Å². The van der Waals surface area contributed by atoms with E-state index in [0.29, 0.717) is 0 Å². The molecule has 1 aliphatic carbocycles. The zero-order valence-electron chi connectivity index (χ0n) is 16.0. The molecule has 4 nitrogen and oxygen atoms in total. The molecule has 3 rings (SSSR count). The number of nitrogens with zero attached hydrogens (tertiary/aromatic N) is 1. The fourth-order valence-electron chi connectivity index (χ4n) is 3.77. The Bertz CT molecular complexity index is 837. The molecule has 2 aromatic carbocycles. The van der Waals surface area contributed by atoms with E-state index in [4.69, 9.17) is 0 Å². The molecule has 1 fully saturated rings. The summed E-state index contributed by atoms with van der Waals surface area (Å²) in [6.07, 6.45) is 2.69. The lowest BCUT2D eigenvalue weighted by Gasteiger charge is -2.43. The Morgan fingerprint density at radius 3 is 2.19 bits per heavy atom. The zero-order chi connectivity index (χ0) is 19.6. The van der Waals surface area contributed by atoms with Gasteiger partial charge >= 0.3 is 0 Å². The topological polar surface area (TPSA) is 49.4 Å². The van der Waals surface area contributed by atoms with Gasteiger partial charge in [-0.3, -0.25) is 9.59 Å². The van der Waals surface area contributed by atoms with E-state index in [1.54, 1.807) is 11.9 Å². The van der Waals surface area contributed by atoms with Gasteiger partial charge in [-0.05, 0) is 55.5 Å². The highest BCUT2D eigenvalue weighted by molar-refractivity contribution is 9.10. The smallest absolute Gasteiger partial charge is 0.243 e. The zero-order valence-corrected chi connectivity index (χ0v) is 17.6. The van der Waals surface area contributed by atoms with E-state index in [1.807, 2.05) is 56.3 Å². The minimum absolute atomic E-state index is 0.0210. The predicted octanol–water partition coefficient (Wildman–Crippen LogP) is 4.58. The molecule has 0 unspecified atom stereocenters. The second-order valence-corrected chi connectivity index (χ2v) is 8.33. The highest BCUT2D eigenvalue weighted by Gasteiger charge is 2.47. The van der Waals surface area contributed by atoms with Crippen molar-refractivity contribution in [2.75, 3.05) is 18.9 Å². The number of nitrogens with one attached hydrogen (secondary N) is 1. The lowest BCUT2D eigenvalue weighted by atomic mass is 9.63. The first-order valence-corrected chi connectivity index (χ1v) is 10.0. The summed E-state index contributed by atoms with van der Waals surface area (Å²) in [5.74, 6) is -0.152. The minimum Gasteiger partial charge on any atom is -0.336 e. The van der Waals surface area contributed by atoms with Crippen LogP contribution in [0, 0.1) is 13.8 Å². The maximum absolute atomic E-state index is 13.2. The van der Waals surface area contributed by atoms with Gasteiger partial charge in [0.05, 0.1) is 12.0 Å². The highest BCUT2D eigenvalue weighted by Crippen LogP contribution is 2.45. The summed E-state index contributed by atoms with van der Waals surface area (Å²) in [7, 11) is 1.71. The van der Waals surface area contributed by atoms with Crippen LogP contribution in [0.4, 0.5) is 5.69 Å². The summed E-state index contributed by atoms with van der Waals surface area (Å²) in [6, 6.07) is 13.8. The number of likely N-dealkylation sites (N-methyl/N-ethyl adjacent to an activating group) is 1. The number of anilines is 1. The SMILES string of the molecule is Cc1cccc(C)c1NC(=O)CN(C)C(=O)C1(c2ccc(Br)cc2)CCC1. The molecule has 0 radical (unpaired) electrons. The third-order valence-electron chi connectivity index (χ3n) is 5.49. The number of carbonyl (C=O) groups excluding carboxylic acids is 2. The van der Waals surface area contributed by atoms with E-state index in [-0.39, 0.29) is 18.4 Å². The van der Waals surface area contributed by atoms with Crippen molar-refractivity contribution >= 4 is 33.4 Å². The monoisotopic (exact) mass is 428 g/mol. The first-order chi connectivity index (χ1) is 12.8. The molecular formula is C22H25BrN2O2. The van der Waals surface area contributed by atoms with Gasteiger partial charge < -0.3 is 10.2 Å². The highest BCUT2D eigenvalue weighted by atomic mass is 79.9. The van der Waals surface area contributed by atoms with Crippen molar-refractivity contribution in [1.82, 2.24) is 4.90 Å². The van der Waals surface area contributed by atoms with Crippen LogP contribution in [0.15, 0.2) is 46.9 Å². The van der Waals surface area contributed by atoms with E-state index in [0.717, 1.165) is 46.1 Å². The molecule has 2 amide bonds. The van der Waals surface area contributed by atoms with Crippen molar-refractivity contribution in [1.29, 1.82) is 0 Å². The fourth-order valence-corrected chi connectivity index (χ4v) is 4.03. The van der Waals surface area contributed by atoms with Gasteiger partial charge in [-0.1, -0.05) is 52.7 Å². The van der Waals surface area contributed by atoms with Crippen LogP contribution in [-0.4, -0.2) is 30.3 Å². The average Bonchev–Trinajstić information content (AvgIpc) is 2.59. The molecule has 0 spiro atoms. The van der Waals surface area contributed by atoms with Gasteiger partial charge in [-0.25, -0.2) is 0 Å². The largest absolute Gasteiger partial charge is 0.336 e. The molecular weight excluding hydrogens is 404 g/mol. The van der Waals surface area contributed by atoms with E-state index in [9.17, 15) is 9.59 Å². The van der Waals surface area contributed by atoms with Crippen molar-refractivity contribution in [2.24, 2.45) is 0 Å². The van der Waals surface area contributed by atoms with Crippen LogP contribution < -0.4 is 5.32 Å². The normalized spacial score (nSPS) is 15.0. The molecule has 1 N–H and O–H groups in total. The second-order valence-electron chi connectivity index (χ2n) is 7.42. The maximum Gasteiger partial charge on any atom is 0.243 e. The third-order valence-corrected chi connectivity index (χ3v) is 6.01. The molecule has 0 saturated heterocycles. The number of aryl methyl sites for hydroxylation is 2. The second kappa shape index (κ2) is 7.85. The quantitative estimate of drug-likeness (QED) is 0.756. The van der Waals surface area contributed by atoms with E-state index < -0.39 is 5.41 Å². The van der Waals surface area contributed by atoms with Crippen LogP contribution in [0.2, 0.25) is 0 Å². The van der Waals surface area contributed by atoms with Crippen molar-refractivity contribution in [3.63, 3.8) is 0 Å². The van der Waals surface area contributed by atoms with Crippen molar-refractivity contribution in [3.8, 4) is 0 Å². The fraction of sp³-hybridized carbons (Fsp3) is 0.364. The summed E-state index contributed by atoms with van der Waals surface area (Å²) in [4.78, 5) is 27.3. The Hall–Kier alpha value is -2.14. The van der Waals surface area contributed by atoms with Crippen LogP contribution in [0.3, 0.4) is 0 Å². The Morgan fingerprint density at radius 2 is 1.67 bits per heavy atom. The first-order valence-electron chi connectivity index (χ1n) is 9.21. The van der Waals surface area contributed by atoms with Crippen LogP contribution in [0.1, 0.15) is 36.0 Å². The molecule has 1 saturated carbocycles. The third kappa shape index (κ3) is 3.93. The van der Waals surface area contributed by atoms with Crippen LogP contribution >= 0.6 is 15.9 Å². The van der Waals surface area contributed by atoms with Gasteiger partial charge in [-0.15, -0.1) is 0 Å². The molecule has 5 heteroatoms. The molecule has 2 aromatic rings. The molecule has 142 valence electrons. The standard InChI is InChI=1S/C22H25BrN2O2/c1-15-6-4-7-16(2)20(15)24-19(26)14-25(3)21(27)22(12-5-13-22)17-8-10-18(23)11-9-17/h4,6-11H,5,12-14H2,1-3H3,(H,24,26). The lowest BCUT2D eigenvalue weighted by molar-refractivity contribution is -0.141. The number of hydrogen-bond donors (Lipinski definition) is 1. The lowest BCUT2D eigenvalue weighted by Crippen LogP contribution is -2.51. The maximum atomic E-state index is 13.2. The van der Waals surface area contributed by atoms with Gasteiger partial charge in [0.1, 0.15) is 0 Å². The van der Waals surface area contributed by atoms with E-state index in [1.165, 1.54) is 0 Å². The van der Waals surface area contributed by atoms with E-state index >= 15 is 0 Å². The Kier molecular flexibility index (Phi) is 5.70. The number of benzene rings is 2. The first kappa shape index (κ1) is 19.6. The summed E-state index contributed by atoms with van der Waals surface area (Å²) in [5, 5.41) is 2.96. The molecule has 0 bridgehead atoms. The number of rotatable bonds is 5. The van der Waals surface area contributed by atoms with E-state index in [2.05, 4.69) is 21.2 Å². The van der Waals surface area contributed by atoms with Gasteiger partial charge in [-0.2, -0.15) is 0 Å². The molecule has 0 atom stereocenters. The van der Waals surface area contributed by atoms with Crippen LogP contribution in [0.5, 0.6) is 0 Å². The van der Waals surface area contributed by atoms with Gasteiger partial charge in [0.25, 0.3) is 0 Å². The predicted molar refractivity (Wildman–Crippen MR) is 112 cm³/mol. The molecule has 0 aliphatic heterocycles. The van der Waals surface area contributed by atoms with Gasteiger partial charge in [0.15, 0.2) is 0 Å². The Morgan fingerprint density at radius 1 is 1.07 bits per heavy atom. The Labute approximate surface area is 169 Å². The summed E-state index contributed by atoms with van der Waals surface area (Å²) >= 11 is 3.45. The Balaban J connectivity index is 1.71. The molecule has 0 heterocycles. The minimum atomic E-state index is -0.492. The molecule has 1 aliphatic rings. The van der Waals surface area contributed by atoms with Crippen molar-refractivity contribution in [2.45, 2.75) is 38.5 Å². The number of amides is 2. The number of carbonyl (C=O) groups is 2. The van der Waals surface area contributed by atoms with Crippen LogP contribution in [0.25, 0.3) is 0 Å². The average molecular weight is 429 g/mol. The number of para-hydroxylation sites is 1. The van der Waals surface area contributed by atoms with Gasteiger partial charge in [0.2, 0.25) is 11.8 Å². The van der Waals surface area contributed by atoms with Crippen LogP contribution in [-0.2, 0) is 15.0 Å². The number of hydrogen-bond acceptors (Lipinski definition) is 2. The number of halogens is 1. The van der Waals surface area contributed by atoms with Crippen molar-refractivity contribution in [3.05, 3.63) is 63.6 Å².